The number of carbonyl (C=O) groups excluding carboxylic acids is 4. The molecule has 0 aliphatic carbocycles. The van der Waals surface area contributed by atoms with Crippen molar-refractivity contribution in [2.45, 2.75) is 147 Å². The van der Waals surface area contributed by atoms with Crippen molar-refractivity contribution in [1.82, 2.24) is 34.4 Å². The van der Waals surface area contributed by atoms with Crippen LogP contribution in [0.2, 0.25) is 0 Å². The summed E-state index contributed by atoms with van der Waals surface area (Å²) in [6.07, 6.45) is 3.03. The molecule has 0 spiro atoms. The first-order valence-electron chi connectivity index (χ1n) is 25.2. The molecule has 2 heterocycles. The molecule has 0 unspecified atom stereocenters. The van der Waals surface area contributed by atoms with E-state index in [1.54, 1.807) is 55.0 Å². The maximum atomic E-state index is 15.1. The van der Waals surface area contributed by atoms with Crippen LogP contribution in [0.1, 0.15) is 106 Å². The van der Waals surface area contributed by atoms with Crippen LogP contribution in [-0.4, -0.2) is 135 Å². The molecule has 0 saturated carbocycles. The fraction of sp³-hybridized carbons (Fsp3) is 0.585. The first kappa shape index (κ1) is 58.1. The van der Waals surface area contributed by atoms with Gasteiger partial charge in [-0.2, -0.15) is 8.61 Å². The van der Waals surface area contributed by atoms with Crippen LogP contribution in [0.25, 0.3) is 0 Å². The average molecular weight is 1040 g/mol. The number of likely N-dealkylation sites (N-methyl/N-ethyl adjacent to an activating group) is 1. The molecule has 19 heteroatoms. The van der Waals surface area contributed by atoms with Gasteiger partial charge in [-0.25, -0.2) is 25.6 Å². The van der Waals surface area contributed by atoms with Gasteiger partial charge in [0.05, 0.1) is 15.8 Å². The number of benzene rings is 3. The molecule has 0 bridgehead atoms. The zero-order chi connectivity index (χ0) is 53.3. The number of sulfonamides is 2. The van der Waals surface area contributed by atoms with Gasteiger partial charge in [0.2, 0.25) is 43.7 Å². The molecule has 398 valence electrons. The van der Waals surface area contributed by atoms with Crippen LogP contribution < -0.4 is 16.0 Å². The van der Waals surface area contributed by atoms with Crippen molar-refractivity contribution in [3.63, 3.8) is 0 Å². The van der Waals surface area contributed by atoms with E-state index in [9.17, 15) is 28.0 Å². The van der Waals surface area contributed by atoms with Gasteiger partial charge in [0.15, 0.2) is 0 Å². The molecule has 0 aromatic heterocycles. The van der Waals surface area contributed by atoms with Crippen LogP contribution in [-0.2, 0) is 52.1 Å². The summed E-state index contributed by atoms with van der Waals surface area (Å²) in [4.78, 5) is 57.8. The Hall–Kier alpha value is -4.82. The molecular weight excluding hydrogens is 965 g/mol. The lowest BCUT2D eigenvalue weighted by molar-refractivity contribution is -0.141. The van der Waals surface area contributed by atoms with Crippen molar-refractivity contribution in [2.75, 3.05) is 46.3 Å². The van der Waals surface area contributed by atoms with Crippen molar-refractivity contribution in [1.29, 1.82) is 0 Å². The molecular formula is C53H77F2N7O8S2. The van der Waals surface area contributed by atoms with Gasteiger partial charge in [-0.15, -0.1) is 0 Å². The molecule has 0 radical (unpaired) electrons. The highest BCUT2D eigenvalue weighted by Crippen LogP contribution is 2.31. The summed E-state index contributed by atoms with van der Waals surface area (Å²) in [5, 5.41) is 8.76. The van der Waals surface area contributed by atoms with Gasteiger partial charge in [-0.3, -0.25) is 19.2 Å². The van der Waals surface area contributed by atoms with E-state index in [2.05, 4.69) is 16.0 Å². The van der Waals surface area contributed by atoms with E-state index in [4.69, 9.17) is 0 Å². The standard InChI is InChI=1S/C53H77F2N7O8S2/c1-11-36(2)48(63)57-46(52(4,5)6)50(65)61-29-13-15-42(61)34-59(31-27-38-19-23-40(54)24-20-38)71(67,68)44-17-12-18-45(33-44)72(69,70)60(32-28-39-21-25-41(55)26-22-39)35-43-16-14-30-62(43)51(66)47(53(7,8)9)58-49(64)37(3)56-10/h12,17-26,33,36-37,42-43,46-47,56H,11,13-16,27-32,34-35H2,1-10H3,(H,57,63)(H,58,64)/t36-,37+,42+,43+,46-,47-/m1/s1. The summed E-state index contributed by atoms with van der Waals surface area (Å²) >= 11 is 0. The second-order valence-corrected chi connectivity index (χ2v) is 25.4. The van der Waals surface area contributed by atoms with Gasteiger partial charge in [-0.05, 0) is 123 Å². The van der Waals surface area contributed by atoms with Crippen LogP contribution >= 0.6 is 0 Å². The van der Waals surface area contributed by atoms with Gasteiger partial charge in [0.1, 0.15) is 23.7 Å². The molecule has 4 amide bonds. The highest BCUT2D eigenvalue weighted by atomic mass is 32.2. The van der Waals surface area contributed by atoms with E-state index < -0.39 is 72.7 Å². The van der Waals surface area contributed by atoms with E-state index in [1.165, 1.54) is 51.1 Å². The molecule has 2 aliphatic rings. The number of hydrogen-bond donors (Lipinski definition) is 3. The Kier molecular flexibility index (Phi) is 19.7. The Balaban J connectivity index is 1.50. The van der Waals surface area contributed by atoms with Crippen molar-refractivity contribution < 1.29 is 44.8 Å². The molecule has 2 fully saturated rings. The molecule has 3 aromatic carbocycles. The maximum absolute atomic E-state index is 15.1. The number of carbonyl (C=O) groups is 4. The lowest BCUT2D eigenvalue weighted by atomic mass is 9.85. The Morgan fingerprint density at radius 3 is 1.40 bits per heavy atom. The smallest absolute Gasteiger partial charge is 0.245 e. The average Bonchev–Trinajstić information content (AvgIpc) is 4.01. The van der Waals surface area contributed by atoms with Crippen molar-refractivity contribution >= 4 is 43.7 Å². The van der Waals surface area contributed by atoms with Crippen molar-refractivity contribution in [3.8, 4) is 0 Å². The van der Waals surface area contributed by atoms with Gasteiger partial charge in [0.25, 0.3) is 0 Å². The lowest BCUT2D eigenvalue weighted by Gasteiger charge is -2.37. The van der Waals surface area contributed by atoms with Crippen LogP contribution in [0, 0.1) is 28.4 Å². The third-order valence-corrected chi connectivity index (χ3v) is 17.8. The summed E-state index contributed by atoms with van der Waals surface area (Å²) in [5.41, 5.74) is -0.0629. The third-order valence-electron chi connectivity index (χ3n) is 14.0. The summed E-state index contributed by atoms with van der Waals surface area (Å²) in [5.74, 6) is -2.52. The zero-order valence-electron chi connectivity index (χ0n) is 43.7. The quantitative estimate of drug-likeness (QED) is 0.107. The number of rotatable bonds is 22. The topological polar surface area (TPSA) is 186 Å². The van der Waals surface area contributed by atoms with Crippen LogP contribution in [0.3, 0.4) is 0 Å². The number of hydrogen-bond acceptors (Lipinski definition) is 9. The van der Waals surface area contributed by atoms with Gasteiger partial charge in [0, 0.05) is 57.3 Å². The van der Waals surface area contributed by atoms with Crippen LogP contribution in [0.5, 0.6) is 0 Å². The SMILES string of the molecule is CC[C@@H](C)C(=O)N[C@H](C(=O)N1CCC[C@H]1CN(CCc1ccc(F)cc1)S(=O)(=O)c1cccc(S(=O)(=O)N(CCc2ccc(F)cc2)C[C@@H]2CCCN2C(=O)[C@@H](NC(=O)[C@H](C)NC)C(C)(C)C)c1)C(C)(C)C. The molecule has 5 rings (SSSR count). The number of nitrogens with one attached hydrogen (secondary N) is 3. The Labute approximate surface area is 426 Å². The van der Waals surface area contributed by atoms with E-state index in [0.717, 1.165) is 6.07 Å². The maximum Gasteiger partial charge on any atom is 0.245 e. The van der Waals surface area contributed by atoms with Gasteiger partial charge >= 0.3 is 0 Å². The number of amides is 4. The Morgan fingerprint density at radius 1 is 0.653 bits per heavy atom. The summed E-state index contributed by atoms with van der Waals surface area (Å²) < 4.78 is 90.7. The number of halogens is 2. The van der Waals surface area contributed by atoms with E-state index in [1.807, 2.05) is 48.5 Å². The Bertz CT molecular complexity index is 2400. The van der Waals surface area contributed by atoms with Crippen LogP contribution in [0.4, 0.5) is 8.78 Å². The molecule has 72 heavy (non-hydrogen) atoms. The number of likely N-dealkylation sites (tertiary alicyclic amines) is 2. The summed E-state index contributed by atoms with van der Waals surface area (Å²) in [6, 6.07) is 13.0. The second kappa shape index (κ2) is 24.5. The van der Waals surface area contributed by atoms with Crippen molar-refractivity contribution in [2.24, 2.45) is 16.7 Å². The fourth-order valence-corrected chi connectivity index (χ4v) is 12.2. The van der Waals surface area contributed by atoms with E-state index in [0.29, 0.717) is 56.3 Å². The predicted molar refractivity (Wildman–Crippen MR) is 274 cm³/mol. The van der Waals surface area contributed by atoms with E-state index in [-0.39, 0.29) is 78.4 Å². The van der Waals surface area contributed by atoms with Gasteiger partial charge < -0.3 is 25.8 Å². The highest BCUT2D eigenvalue weighted by molar-refractivity contribution is 7.90. The first-order valence-corrected chi connectivity index (χ1v) is 28.0. The fourth-order valence-electron chi connectivity index (χ4n) is 9.12. The molecule has 6 atom stereocenters. The molecule has 2 aliphatic heterocycles. The molecule has 3 aromatic rings. The lowest BCUT2D eigenvalue weighted by Crippen LogP contribution is -2.59. The zero-order valence-corrected chi connectivity index (χ0v) is 45.3. The second-order valence-electron chi connectivity index (χ2n) is 21.5. The first-order chi connectivity index (χ1) is 33.7. The Morgan fingerprint density at radius 2 is 1.04 bits per heavy atom. The minimum absolute atomic E-state index is 0.0872. The molecule has 3 N–H and O–H groups in total. The summed E-state index contributed by atoms with van der Waals surface area (Å²) in [7, 11) is -7.38. The van der Waals surface area contributed by atoms with E-state index >= 15 is 16.8 Å². The predicted octanol–water partition coefficient (Wildman–Crippen LogP) is 6.13. The van der Waals surface area contributed by atoms with Crippen molar-refractivity contribution in [3.05, 3.63) is 95.6 Å². The largest absolute Gasteiger partial charge is 0.344 e. The van der Waals surface area contributed by atoms with Gasteiger partial charge in [-0.1, -0.05) is 85.7 Å². The third kappa shape index (κ3) is 14.7. The minimum Gasteiger partial charge on any atom is -0.344 e. The molecule has 2 saturated heterocycles. The summed E-state index contributed by atoms with van der Waals surface area (Å²) in [6.45, 7) is 16.7. The monoisotopic (exact) mass is 1040 g/mol. The highest BCUT2D eigenvalue weighted by Gasteiger charge is 2.44. The minimum atomic E-state index is -4.51. The number of nitrogens with zero attached hydrogens (tertiary/aromatic N) is 4. The van der Waals surface area contributed by atoms with Crippen LogP contribution in [0.15, 0.2) is 82.6 Å². The molecule has 15 nitrogen and oxygen atoms in total. The normalized spacial score (nSPS) is 18.5.